The van der Waals surface area contributed by atoms with Crippen molar-refractivity contribution in [2.75, 3.05) is 59.2 Å². The Labute approximate surface area is 351 Å². The van der Waals surface area contributed by atoms with Gasteiger partial charge in [-0.25, -0.2) is 0 Å². The first-order valence-corrected chi connectivity index (χ1v) is 24.3. The van der Waals surface area contributed by atoms with Gasteiger partial charge in [0.2, 0.25) is 17.7 Å². The van der Waals surface area contributed by atoms with Gasteiger partial charge in [0.25, 0.3) is 0 Å². The van der Waals surface area contributed by atoms with E-state index in [1.807, 2.05) is 23.6 Å². The Hall–Kier alpha value is -2.00. The zero-order valence-electron chi connectivity index (χ0n) is 37.9. The number of nitrogens with zero attached hydrogens (tertiary/aromatic N) is 2. The molecule has 0 aromatic carbocycles. The van der Waals surface area contributed by atoms with Gasteiger partial charge in [-0.15, -0.1) is 0 Å². The molecule has 0 radical (unpaired) electrons. The van der Waals surface area contributed by atoms with E-state index in [2.05, 4.69) is 19.2 Å². The number of amides is 3. The third-order valence-corrected chi connectivity index (χ3v) is 11.6. The lowest BCUT2D eigenvalue weighted by molar-refractivity contribution is -0.133. The van der Waals surface area contributed by atoms with Gasteiger partial charge >= 0.3 is 0 Å². The smallest absolute Gasteiger partial charge is 0.226 e. The molecule has 0 saturated carbocycles. The molecule has 1 heterocycles. The van der Waals surface area contributed by atoms with Gasteiger partial charge in [-0.2, -0.15) is 0 Å². The van der Waals surface area contributed by atoms with Crippen LogP contribution in [0.3, 0.4) is 0 Å². The van der Waals surface area contributed by atoms with Gasteiger partial charge in [-0.1, -0.05) is 182 Å². The number of hydrogen-bond donors (Lipinski definition) is 1. The van der Waals surface area contributed by atoms with Gasteiger partial charge < -0.3 is 24.6 Å². The van der Waals surface area contributed by atoms with Gasteiger partial charge in [0, 0.05) is 57.9 Å². The summed E-state index contributed by atoms with van der Waals surface area (Å²) in [4.78, 5) is 55.7. The zero-order valence-corrected chi connectivity index (χ0v) is 37.9. The van der Waals surface area contributed by atoms with Gasteiger partial charge in [-0.3, -0.25) is 19.2 Å². The molecule has 1 aliphatic rings. The molecule has 3 amide bonds. The van der Waals surface area contributed by atoms with E-state index in [0.29, 0.717) is 78.4 Å². The summed E-state index contributed by atoms with van der Waals surface area (Å²) in [7, 11) is 0. The molecule has 0 aromatic rings. The second-order valence-electron chi connectivity index (χ2n) is 17.2. The Kier molecular flexibility index (Phi) is 35.5. The van der Waals surface area contributed by atoms with E-state index in [9.17, 15) is 19.2 Å². The lowest BCUT2D eigenvalue weighted by Gasteiger charge is -2.24. The van der Waals surface area contributed by atoms with E-state index < -0.39 is 5.92 Å². The summed E-state index contributed by atoms with van der Waals surface area (Å²) in [6.45, 7) is 11.8. The number of nitrogens with one attached hydrogen (secondary N) is 1. The quantitative estimate of drug-likeness (QED) is 0.0620. The van der Waals surface area contributed by atoms with Crippen LogP contribution < -0.4 is 5.32 Å². The molecule has 1 N–H and O–H groups in total. The van der Waals surface area contributed by atoms with Crippen molar-refractivity contribution in [2.24, 2.45) is 11.8 Å². The summed E-state index contributed by atoms with van der Waals surface area (Å²) >= 11 is 0. The van der Waals surface area contributed by atoms with Crippen molar-refractivity contribution in [3.63, 3.8) is 0 Å². The van der Waals surface area contributed by atoms with Crippen LogP contribution in [-0.4, -0.2) is 92.5 Å². The van der Waals surface area contributed by atoms with E-state index in [1.54, 1.807) is 0 Å². The van der Waals surface area contributed by atoms with Crippen LogP contribution in [0.15, 0.2) is 0 Å². The van der Waals surface area contributed by atoms with Crippen LogP contribution in [0.2, 0.25) is 0 Å². The maximum atomic E-state index is 13.5. The predicted molar refractivity (Wildman–Crippen MR) is 236 cm³/mol. The first-order chi connectivity index (χ1) is 27.8. The Morgan fingerprint density at radius 1 is 0.491 bits per heavy atom. The minimum absolute atomic E-state index is 0.0189. The molecule has 1 fully saturated rings. The Morgan fingerprint density at radius 3 is 1.21 bits per heavy atom. The first kappa shape index (κ1) is 53.0. The average Bonchev–Trinajstić information content (AvgIpc) is 3.44. The van der Waals surface area contributed by atoms with Gasteiger partial charge in [0.1, 0.15) is 5.78 Å². The van der Waals surface area contributed by atoms with Crippen LogP contribution in [0.4, 0.5) is 0 Å². The van der Waals surface area contributed by atoms with Crippen molar-refractivity contribution >= 4 is 23.5 Å². The normalized spacial score (nSPS) is 13.7. The highest BCUT2D eigenvalue weighted by molar-refractivity contribution is 5.83. The Balaban J connectivity index is 2.46. The van der Waals surface area contributed by atoms with Crippen LogP contribution in [0.25, 0.3) is 0 Å². The lowest BCUT2D eigenvalue weighted by atomic mass is 10.0. The number of Topliss-reactive ketones (excluding diaryl/α,β-unsaturated/α-hetero) is 1. The number of hydrogen-bond acceptors (Lipinski definition) is 6. The van der Waals surface area contributed by atoms with Crippen molar-refractivity contribution in [1.29, 1.82) is 0 Å². The van der Waals surface area contributed by atoms with Crippen molar-refractivity contribution in [3.05, 3.63) is 0 Å². The maximum absolute atomic E-state index is 13.5. The molecule has 0 bridgehead atoms. The van der Waals surface area contributed by atoms with E-state index in [-0.39, 0.29) is 29.4 Å². The maximum Gasteiger partial charge on any atom is 0.226 e. The Morgan fingerprint density at radius 2 is 0.842 bits per heavy atom. The molecule has 9 heteroatoms. The topological polar surface area (TPSA) is 105 Å². The van der Waals surface area contributed by atoms with Gasteiger partial charge in [0.05, 0.1) is 32.3 Å². The summed E-state index contributed by atoms with van der Waals surface area (Å²) in [6.07, 6.45) is 34.4. The standard InChI is InChI=1S/C48H91N3O6/c1-5-7-9-11-13-15-17-19-21-23-25-27-29-31-46(53)50-35-36-51(47(54)32-30-28-26-24-22-20-18-16-14-12-10-8-6-2)42-44(41-50)48(55)49-34-38-57-40-39-56-37-33-45(52)43(3)4/h43-44H,5-42H2,1-4H3,(H,49,55). The average molecular weight is 806 g/mol. The van der Waals surface area contributed by atoms with Crippen LogP contribution in [0.1, 0.15) is 214 Å². The largest absolute Gasteiger partial charge is 0.379 e. The van der Waals surface area contributed by atoms with Gasteiger partial charge in [-0.05, 0) is 12.8 Å². The second-order valence-corrected chi connectivity index (χ2v) is 17.2. The molecule has 0 unspecified atom stereocenters. The summed E-state index contributed by atoms with van der Waals surface area (Å²) in [6, 6.07) is 0. The zero-order chi connectivity index (χ0) is 41.6. The monoisotopic (exact) mass is 806 g/mol. The molecule has 0 atom stereocenters. The van der Waals surface area contributed by atoms with Crippen LogP contribution >= 0.6 is 0 Å². The second kappa shape index (κ2) is 38.2. The van der Waals surface area contributed by atoms with E-state index in [1.165, 1.54) is 141 Å². The highest BCUT2D eigenvalue weighted by Gasteiger charge is 2.31. The highest BCUT2D eigenvalue weighted by Crippen LogP contribution is 2.18. The van der Waals surface area contributed by atoms with Crippen LogP contribution in [0, 0.1) is 11.8 Å². The molecular weight excluding hydrogens is 715 g/mol. The number of carbonyl (C=O) groups is 4. The number of unbranched alkanes of at least 4 members (excludes halogenated alkanes) is 24. The fourth-order valence-corrected chi connectivity index (χ4v) is 7.71. The molecule has 1 saturated heterocycles. The molecule has 334 valence electrons. The fraction of sp³-hybridized carbons (Fsp3) is 0.917. The number of ether oxygens (including phenoxy) is 2. The summed E-state index contributed by atoms with van der Waals surface area (Å²) in [5, 5.41) is 2.99. The molecule has 9 nitrogen and oxygen atoms in total. The van der Waals surface area contributed by atoms with E-state index in [0.717, 1.165) is 25.7 Å². The van der Waals surface area contributed by atoms with Crippen LogP contribution in [0.5, 0.6) is 0 Å². The number of rotatable bonds is 39. The van der Waals surface area contributed by atoms with Crippen molar-refractivity contribution in [1.82, 2.24) is 15.1 Å². The number of ketones is 1. The fourth-order valence-electron chi connectivity index (χ4n) is 7.71. The SMILES string of the molecule is CCCCCCCCCCCCCCCC(=O)N1CCN(C(=O)CCCCCCCCCCCCCCC)CC(C(=O)NCCOCCOCCC(=O)C(C)C)C1. The molecule has 0 aliphatic carbocycles. The lowest BCUT2D eigenvalue weighted by Crippen LogP contribution is -2.44. The molecular formula is C48H91N3O6. The first-order valence-electron chi connectivity index (χ1n) is 24.3. The third-order valence-electron chi connectivity index (χ3n) is 11.6. The van der Waals surface area contributed by atoms with E-state index >= 15 is 0 Å². The highest BCUT2D eigenvalue weighted by atomic mass is 16.5. The van der Waals surface area contributed by atoms with E-state index in [4.69, 9.17) is 9.47 Å². The van der Waals surface area contributed by atoms with Gasteiger partial charge in [0.15, 0.2) is 0 Å². The summed E-state index contributed by atoms with van der Waals surface area (Å²) in [5.74, 6) is -0.204. The molecule has 1 aliphatic heterocycles. The Bertz CT molecular complexity index is 939. The molecule has 0 aromatic heterocycles. The summed E-state index contributed by atoms with van der Waals surface area (Å²) < 4.78 is 11.1. The minimum atomic E-state index is -0.472. The molecule has 57 heavy (non-hydrogen) atoms. The van der Waals surface area contributed by atoms with Crippen LogP contribution in [-0.2, 0) is 28.7 Å². The predicted octanol–water partition coefficient (Wildman–Crippen LogP) is 11.0. The van der Waals surface area contributed by atoms with Crippen molar-refractivity contribution in [2.45, 2.75) is 214 Å². The third kappa shape index (κ3) is 30.7. The summed E-state index contributed by atoms with van der Waals surface area (Å²) in [5.41, 5.74) is 0. The molecule has 1 rings (SSSR count). The number of carbonyl (C=O) groups excluding carboxylic acids is 4. The van der Waals surface area contributed by atoms with Crippen molar-refractivity contribution in [3.8, 4) is 0 Å². The van der Waals surface area contributed by atoms with Crippen molar-refractivity contribution < 1.29 is 28.7 Å². The minimum Gasteiger partial charge on any atom is -0.379 e. The molecule has 0 spiro atoms.